The SMILES string of the molecule is CC(C)(N)CNC(=O)CN1C(=O)COc2ccc([N+](=O)[O-])cc21.Cl. The molecule has 0 unspecified atom stereocenters. The van der Waals surface area contributed by atoms with E-state index >= 15 is 0 Å². The Morgan fingerprint density at radius 2 is 2.17 bits per heavy atom. The maximum atomic E-state index is 12.0. The molecule has 1 heterocycles. The summed E-state index contributed by atoms with van der Waals surface area (Å²) in [5.74, 6) is -0.529. The maximum absolute atomic E-state index is 12.0. The number of halogens is 1. The van der Waals surface area contributed by atoms with Crippen LogP contribution in [0, 0.1) is 10.1 Å². The van der Waals surface area contributed by atoms with E-state index in [1.54, 1.807) is 13.8 Å². The minimum absolute atomic E-state index is 0. The molecule has 0 aliphatic carbocycles. The van der Waals surface area contributed by atoms with Crippen molar-refractivity contribution in [1.29, 1.82) is 0 Å². The summed E-state index contributed by atoms with van der Waals surface area (Å²) in [4.78, 5) is 35.5. The van der Waals surface area contributed by atoms with Crippen LogP contribution in [0.15, 0.2) is 18.2 Å². The second-order valence-corrected chi connectivity index (χ2v) is 5.94. The van der Waals surface area contributed by atoms with Crippen LogP contribution in [-0.4, -0.2) is 42.0 Å². The molecule has 0 fully saturated rings. The lowest BCUT2D eigenvalue weighted by Crippen LogP contribution is -2.49. The lowest BCUT2D eigenvalue weighted by atomic mass is 10.1. The highest BCUT2D eigenvalue weighted by Crippen LogP contribution is 2.35. The average molecular weight is 359 g/mol. The van der Waals surface area contributed by atoms with Crippen molar-refractivity contribution < 1.29 is 19.2 Å². The summed E-state index contributed by atoms with van der Waals surface area (Å²) in [6, 6.07) is 3.91. The molecule has 0 saturated carbocycles. The van der Waals surface area contributed by atoms with Crippen molar-refractivity contribution in [1.82, 2.24) is 5.32 Å². The Bertz CT molecular complexity index is 659. The number of hydrogen-bond acceptors (Lipinski definition) is 6. The minimum atomic E-state index is -0.582. The molecule has 0 aromatic heterocycles. The fourth-order valence-corrected chi connectivity index (χ4v) is 2.00. The van der Waals surface area contributed by atoms with Gasteiger partial charge in [0.1, 0.15) is 12.3 Å². The predicted molar refractivity (Wildman–Crippen MR) is 89.5 cm³/mol. The molecule has 2 rings (SSSR count). The monoisotopic (exact) mass is 358 g/mol. The summed E-state index contributed by atoms with van der Waals surface area (Å²) < 4.78 is 5.23. The Hall–Kier alpha value is -2.39. The number of nitrogens with two attached hydrogens (primary N) is 1. The van der Waals surface area contributed by atoms with Crippen molar-refractivity contribution in [3.05, 3.63) is 28.3 Å². The van der Waals surface area contributed by atoms with Crippen molar-refractivity contribution in [2.75, 3.05) is 24.6 Å². The lowest BCUT2D eigenvalue weighted by molar-refractivity contribution is -0.384. The van der Waals surface area contributed by atoms with Gasteiger partial charge in [0.15, 0.2) is 6.61 Å². The van der Waals surface area contributed by atoms with Gasteiger partial charge in [-0.25, -0.2) is 0 Å². The van der Waals surface area contributed by atoms with Gasteiger partial charge in [-0.05, 0) is 19.9 Å². The standard InChI is InChI=1S/C14H18N4O5.ClH/c1-14(2,15)8-16-12(19)6-17-10-5-9(18(21)22)3-4-11(10)23-7-13(17)20;/h3-5H,6-8,15H2,1-2H3,(H,16,19);1H. The van der Waals surface area contributed by atoms with Gasteiger partial charge in [0.25, 0.3) is 11.6 Å². The number of nitrogens with zero attached hydrogens (tertiary/aromatic N) is 2. The number of carbonyl (C=O) groups is 2. The Morgan fingerprint density at radius 1 is 1.50 bits per heavy atom. The second-order valence-electron chi connectivity index (χ2n) is 5.94. The van der Waals surface area contributed by atoms with Gasteiger partial charge in [0.05, 0.1) is 10.6 Å². The molecule has 1 aromatic carbocycles. The summed E-state index contributed by atoms with van der Waals surface area (Å²) in [5.41, 5.74) is 5.22. The van der Waals surface area contributed by atoms with Gasteiger partial charge in [-0.15, -0.1) is 12.4 Å². The molecule has 0 saturated heterocycles. The zero-order chi connectivity index (χ0) is 17.2. The lowest BCUT2D eigenvalue weighted by Gasteiger charge is -2.29. The van der Waals surface area contributed by atoms with E-state index in [0.29, 0.717) is 5.75 Å². The topological polar surface area (TPSA) is 128 Å². The van der Waals surface area contributed by atoms with E-state index in [4.69, 9.17) is 10.5 Å². The Morgan fingerprint density at radius 3 is 2.75 bits per heavy atom. The van der Waals surface area contributed by atoms with E-state index in [-0.39, 0.29) is 43.5 Å². The normalized spacial score (nSPS) is 13.5. The highest BCUT2D eigenvalue weighted by Gasteiger charge is 2.29. The van der Waals surface area contributed by atoms with Gasteiger partial charge >= 0.3 is 0 Å². The van der Waals surface area contributed by atoms with E-state index in [9.17, 15) is 19.7 Å². The average Bonchev–Trinajstić information content (AvgIpc) is 2.47. The minimum Gasteiger partial charge on any atom is -0.482 e. The van der Waals surface area contributed by atoms with Gasteiger partial charge in [-0.3, -0.25) is 24.6 Å². The summed E-state index contributed by atoms with van der Waals surface area (Å²) in [7, 11) is 0. The summed E-state index contributed by atoms with van der Waals surface area (Å²) >= 11 is 0. The van der Waals surface area contributed by atoms with E-state index in [0.717, 1.165) is 0 Å². The van der Waals surface area contributed by atoms with E-state index in [1.165, 1.54) is 23.1 Å². The summed E-state index contributed by atoms with van der Waals surface area (Å²) in [5, 5.41) is 13.5. The highest BCUT2D eigenvalue weighted by atomic mass is 35.5. The van der Waals surface area contributed by atoms with Crippen LogP contribution in [0.4, 0.5) is 11.4 Å². The van der Waals surface area contributed by atoms with E-state index in [1.807, 2.05) is 0 Å². The molecular formula is C14H19ClN4O5. The number of nitro benzene ring substituents is 1. The molecule has 0 atom stereocenters. The molecule has 3 N–H and O–H groups in total. The number of carbonyl (C=O) groups excluding carboxylic acids is 2. The molecule has 9 nitrogen and oxygen atoms in total. The van der Waals surface area contributed by atoms with E-state index < -0.39 is 22.3 Å². The van der Waals surface area contributed by atoms with Crippen molar-refractivity contribution in [2.45, 2.75) is 19.4 Å². The largest absolute Gasteiger partial charge is 0.482 e. The first kappa shape index (κ1) is 19.7. The molecule has 1 aromatic rings. The number of nitrogens with one attached hydrogen (secondary N) is 1. The number of fused-ring (bicyclic) bond motifs is 1. The Labute approximate surface area is 144 Å². The van der Waals surface area contributed by atoms with Gasteiger partial charge in [-0.1, -0.05) is 0 Å². The zero-order valence-electron chi connectivity index (χ0n) is 13.3. The first-order valence-corrected chi connectivity index (χ1v) is 6.94. The fraction of sp³-hybridized carbons (Fsp3) is 0.429. The van der Waals surface area contributed by atoms with Gasteiger partial charge in [0, 0.05) is 24.2 Å². The number of nitro groups is 1. The van der Waals surface area contributed by atoms with Crippen LogP contribution in [-0.2, 0) is 9.59 Å². The molecule has 132 valence electrons. The Kier molecular flexibility index (Phi) is 6.10. The quantitative estimate of drug-likeness (QED) is 0.585. The number of rotatable bonds is 5. The third-order valence-electron chi connectivity index (χ3n) is 3.14. The van der Waals surface area contributed by atoms with Crippen molar-refractivity contribution >= 4 is 35.6 Å². The predicted octanol–water partition coefficient (Wildman–Crippen LogP) is 0.596. The molecule has 0 bridgehead atoms. The molecule has 2 amide bonds. The first-order chi connectivity index (χ1) is 10.7. The smallest absolute Gasteiger partial charge is 0.271 e. The number of non-ortho nitro benzene ring substituents is 1. The molecule has 0 radical (unpaired) electrons. The molecule has 24 heavy (non-hydrogen) atoms. The summed E-state index contributed by atoms with van der Waals surface area (Å²) in [6.45, 7) is 3.27. The van der Waals surface area contributed by atoms with Crippen LogP contribution in [0.2, 0.25) is 0 Å². The van der Waals surface area contributed by atoms with Crippen LogP contribution >= 0.6 is 12.4 Å². The summed E-state index contributed by atoms with van der Waals surface area (Å²) in [6.07, 6.45) is 0. The van der Waals surface area contributed by atoms with Gasteiger partial charge in [-0.2, -0.15) is 0 Å². The number of ether oxygens (including phenoxy) is 1. The third kappa shape index (κ3) is 4.80. The van der Waals surface area contributed by atoms with Crippen LogP contribution in [0.1, 0.15) is 13.8 Å². The van der Waals surface area contributed by atoms with Gasteiger partial charge in [0.2, 0.25) is 5.91 Å². The van der Waals surface area contributed by atoms with E-state index in [2.05, 4.69) is 5.32 Å². The molecule has 10 heteroatoms. The van der Waals surface area contributed by atoms with Crippen LogP contribution in [0.25, 0.3) is 0 Å². The second kappa shape index (κ2) is 7.45. The zero-order valence-corrected chi connectivity index (χ0v) is 14.1. The molecule has 1 aliphatic rings. The number of amides is 2. The van der Waals surface area contributed by atoms with Crippen molar-refractivity contribution in [2.24, 2.45) is 5.73 Å². The van der Waals surface area contributed by atoms with Crippen LogP contribution < -0.4 is 20.7 Å². The molecule has 0 spiro atoms. The fourth-order valence-electron chi connectivity index (χ4n) is 2.00. The van der Waals surface area contributed by atoms with Crippen molar-refractivity contribution in [3.63, 3.8) is 0 Å². The number of hydrogen-bond donors (Lipinski definition) is 2. The van der Waals surface area contributed by atoms with Crippen LogP contribution in [0.5, 0.6) is 5.75 Å². The highest BCUT2D eigenvalue weighted by molar-refractivity contribution is 6.02. The first-order valence-electron chi connectivity index (χ1n) is 6.94. The Balaban J connectivity index is 0.00000288. The number of anilines is 1. The molecular weight excluding hydrogens is 340 g/mol. The number of benzene rings is 1. The van der Waals surface area contributed by atoms with Gasteiger partial charge < -0.3 is 15.8 Å². The van der Waals surface area contributed by atoms with Crippen molar-refractivity contribution in [3.8, 4) is 5.75 Å². The third-order valence-corrected chi connectivity index (χ3v) is 3.14. The maximum Gasteiger partial charge on any atom is 0.271 e. The van der Waals surface area contributed by atoms with Crippen LogP contribution in [0.3, 0.4) is 0 Å². The molecule has 1 aliphatic heterocycles.